The van der Waals surface area contributed by atoms with E-state index in [4.69, 9.17) is 4.74 Å². The van der Waals surface area contributed by atoms with E-state index in [1.807, 2.05) is 17.0 Å². The van der Waals surface area contributed by atoms with Gasteiger partial charge in [-0.1, -0.05) is 12.1 Å². The minimum Gasteiger partial charge on any atom is -0.385 e. The number of ether oxygens (including phenoxy) is 1. The Bertz CT molecular complexity index is 857. The average Bonchev–Trinajstić information content (AvgIpc) is 3.49. The highest BCUT2D eigenvalue weighted by Crippen LogP contribution is 2.51. The normalized spacial score (nSPS) is 30.7. The van der Waals surface area contributed by atoms with Crippen molar-refractivity contribution in [2.24, 2.45) is 17.8 Å². The van der Waals surface area contributed by atoms with E-state index in [0.29, 0.717) is 44.9 Å². The number of rotatable bonds is 6. The molecule has 1 heterocycles. The molecule has 2 amide bonds. The molecule has 0 aromatic heterocycles. The number of benzene rings is 1. The Balaban J connectivity index is 1.16. The van der Waals surface area contributed by atoms with Crippen molar-refractivity contribution < 1.29 is 19.4 Å². The number of carbonyl (C=O) groups excluding carboxylic acids is 2. The van der Waals surface area contributed by atoms with Crippen LogP contribution in [0, 0.1) is 17.8 Å². The lowest BCUT2D eigenvalue weighted by molar-refractivity contribution is -0.143. The second-order valence-electron chi connectivity index (χ2n) is 10.8. The first-order valence-electron chi connectivity index (χ1n) is 12.9. The van der Waals surface area contributed by atoms with E-state index >= 15 is 0 Å². The number of carbonyl (C=O) groups is 2. The van der Waals surface area contributed by atoms with Crippen molar-refractivity contribution in [2.45, 2.75) is 62.9 Å². The molecule has 3 aliphatic carbocycles. The van der Waals surface area contributed by atoms with Crippen molar-refractivity contribution in [3.63, 3.8) is 0 Å². The zero-order valence-corrected chi connectivity index (χ0v) is 19.9. The van der Waals surface area contributed by atoms with Gasteiger partial charge in [0.1, 0.15) is 5.60 Å². The van der Waals surface area contributed by atoms with Crippen LogP contribution in [0.1, 0.15) is 73.2 Å². The third kappa shape index (κ3) is 4.69. The molecule has 4 unspecified atom stereocenters. The van der Waals surface area contributed by atoms with Gasteiger partial charge < -0.3 is 19.6 Å². The molecule has 33 heavy (non-hydrogen) atoms. The molecule has 1 aromatic rings. The average molecular weight is 455 g/mol. The van der Waals surface area contributed by atoms with Gasteiger partial charge in [0.05, 0.1) is 0 Å². The molecule has 180 valence electrons. The lowest BCUT2D eigenvalue weighted by atomic mass is 9.70. The summed E-state index contributed by atoms with van der Waals surface area (Å²) in [7, 11) is 1.80. The van der Waals surface area contributed by atoms with Crippen molar-refractivity contribution in [3.05, 3.63) is 35.4 Å². The van der Waals surface area contributed by atoms with Crippen molar-refractivity contribution in [1.82, 2.24) is 9.80 Å². The maximum absolute atomic E-state index is 13.0. The predicted molar refractivity (Wildman–Crippen MR) is 126 cm³/mol. The van der Waals surface area contributed by atoms with Gasteiger partial charge in [-0.2, -0.15) is 0 Å². The summed E-state index contributed by atoms with van der Waals surface area (Å²) in [6.45, 7) is 2.92. The number of hydrogen-bond donors (Lipinski definition) is 1. The quantitative estimate of drug-likeness (QED) is 0.715. The standard InChI is InChI=1S/C27H38N2O4/c1-33-17-10-21-5-4-20-6-9-23(18-24(20)21)19-2-7-22(8-3-19)25(30)28-13-15-29(16-14-28)26(31)27(32)11-12-27/h2-3,7-8,20-21,23-24,32H,4-6,9-18H2,1H3. The van der Waals surface area contributed by atoms with Gasteiger partial charge >= 0.3 is 0 Å². The molecule has 6 nitrogen and oxygen atoms in total. The molecule has 4 fully saturated rings. The number of nitrogens with zero attached hydrogens (tertiary/aromatic N) is 2. The molecule has 0 radical (unpaired) electrons. The van der Waals surface area contributed by atoms with E-state index in [1.54, 1.807) is 12.0 Å². The predicted octanol–water partition coefficient (Wildman–Crippen LogP) is 3.44. The largest absolute Gasteiger partial charge is 0.385 e. The maximum atomic E-state index is 13.0. The van der Waals surface area contributed by atoms with Crippen LogP contribution in [0.3, 0.4) is 0 Å². The smallest absolute Gasteiger partial charge is 0.254 e. The number of fused-ring (bicyclic) bond motifs is 1. The molecule has 1 aromatic carbocycles. The molecular formula is C27H38N2O4. The molecule has 0 bridgehead atoms. The number of methoxy groups -OCH3 is 1. The van der Waals surface area contributed by atoms with Gasteiger partial charge in [0, 0.05) is 45.5 Å². The fourth-order valence-electron chi connectivity index (χ4n) is 6.60. The van der Waals surface area contributed by atoms with Crippen LogP contribution in [0.2, 0.25) is 0 Å². The van der Waals surface area contributed by atoms with Crippen LogP contribution in [0.5, 0.6) is 0 Å². The van der Waals surface area contributed by atoms with Gasteiger partial charge in [-0.3, -0.25) is 9.59 Å². The Hall–Kier alpha value is -1.92. The second-order valence-corrected chi connectivity index (χ2v) is 10.8. The highest BCUT2D eigenvalue weighted by Gasteiger charge is 2.50. The monoisotopic (exact) mass is 454 g/mol. The van der Waals surface area contributed by atoms with Crippen LogP contribution >= 0.6 is 0 Å². The SMILES string of the molecule is COCCC1CCC2CCC(c3ccc(C(=O)N4CCN(C(=O)C5(O)CC5)CC4)cc3)CC12. The highest BCUT2D eigenvalue weighted by molar-refractivity contribution is 5.94. The summed E-state index contributed by atoms with van der Waals surface area (Å²) in [5.41, 5.74) is 0.978. The molecule has 4 aliphatic rings. The Morgan fingerprint density at radius 3 is 2.33 bits per heavy atom. The molecular weight excluding hydrogens is 416 g/mol. The molecule has 1 N–H and O–H groups in total. The minimum atomic E-state index is -1.12. The number of piperazine rings is 1. The summed E-state index contributed by atoms with van der Waals surface area (Å²) >= 11 is 0. The van der Waals surface area contributed by atoms with Gasteiger partial charge in [-0.05, 0) is 92.7 Å². The summed E-state index contributed by atoms with van der Waals surface area (Å²) in [4.78, 5) is 28.9. The zero-order chi connectivity index (χ0) is 23.0. The third-order valence-electron chi connectivity index (χ3n) is 8.86. The van der Waals surface area contributed by atoms with Crippen molar-refractivity contribution in [1.29, 1.82) is 0 Å². The van der Waals surface area contributed by atoms with Crippen molar-refractivity contribution >= 4 is 11.8 Å². The van der Waals surface area contributed by atoms with E-state index < -0.39 is 5.60 Å². The van der Waals surface area contributed by atoms with Gasteiger partial charge in [0.25, 0.3) is 11.8 Å². The highest BCUT2D eigenvalue weighted by atomic mass is 16.5. The van der Waals surface area contributed by atoms with Gasteiger partial charge in [-0.25, -0.2) is 0 Å². The zero-order valence-electron chi connectivity index (χ0n) is 19.9. The Morgan fingerprint density at radius 2 is 1.67 bits per heavy atom. The third-order valence-corrected chi connectivity index (χ3v) is 8.86. The van der Waals surface area contributed by atoms with Crippen molar-refractivity contribution in [2.75, 3.05) is 39.9 Å². The minimum absolute atomic E-state index is 0.0397. The van der Waals surface area contributed by atoms with Crippen LogP contribution in [0.25, 0.3) is 0 Å². The van der Waals surface area contributed by atoms with Crippen LogP contribution in [-0.2, 0) is 9.53 Å². The molecule has 4 atom stereocenters. The Morgan fingerprint density at radius 1 is 1.00 bits per heavy atom. The van der Waals surface area contributed by atoms with E-state index in [2.05, 4.69) is 12.1 Å². The Labute approximate surface area is 197 Å². The fraction of sp³-hybridized carbons (Fsp3) is 0.704. The number of amides is 2. The molecule has 1 saturated heterocycles. The summed E-state index contributed by atoms with van der Waals surface area (Å²) < 4.78 is 5.35. The lowest BCUT2D eigenvalue weighted by Crippen LogP contribution is -2.53. The molecule has 5 rings (SSSR count). The summed E-state index contributed by atoms with van der Waals surface area (Å²) in [6.07, 6.45) is 8.92. The topological polar surface area (TPSA) is 70.1 Å². The first kappa shape index (κ1) is 22.9. The van der Waals surface area contributed by atoms with Crippen molar-refractivity contribution in [3.8, 4) is 0 Å². The number of aliphatic hydroxyl groups is 1. The first-order valence-corrected chi connectivity index (χ1v) is 12.9. The molecule has 0 spiro atoms. The van der Waals surface area contributed by atoms with Gasteiger partial charge in [-0.15, -0.1) is 0 Å². The molecule has 3 saturated carbocycles. The van der Waals surface area contributed by atoms with Crippen LogP contribution in [0.4, 0.5) is 0 Å². The molecule has 1 aliphatic heterocycles. The maximum Gasteiger partial charge on any atom is 0.254 e. The number of hydrogen-bond acceptors (Lipinski definition) is 4. The Kier molecular flexibility index (Phi) is 6.49. The van der Waals surface area contributed by atoms with E-state index in [-0.39, 0.29) is 11.8 Å². The van der Waals surface area contributed by atoms with Crippen LogP contribution in [-0.4, -0.2) is 72.2 Å². The van der Waals surface area contributed by atoms with Crippen LogP contribution < -0.4 is 0 Å². The van der Waals surface area contributed by atoms with E-state index in [1.165, 1.54) is 44.1 Å². The van der Waals surface area contributed by atoms with Crippen LogP contribution in [0.15, 0.2) is 24.3 Å². The summed E-state index contributed by atoms with van der Waals surface area (Å²) in [5, 5.41) is 10.1. The van der Waals surface area contributed by atoms with E-state index in [0.717, 1.165) is 29.9 Å². The first-order chi connectivity index (χ1) is 16.0. The lowest BCUT2D eigenvalue weighted by Gasteiger charge is -2.36. The summed E-state index contributed by atoms with van der Waals surface area (Å²) in [5.74, 6) is 3.01. The van der Waals surface area contributed by atoms with Gasteiger partial charge in [0.15, 0.2) is 0 Å². The molecule has 6 heteroatoms. The summed E-state index contributed by atoms with van der Waals surface area (Å²) in [6, 6.07) is 8.32. The second kappa shape index (κ2) is 9.38. The fourth-order valence-corrected chi connectivity index (χ4v) is 6.60. The van der Waals surface area contributed by atoms with E-state index in [9.17, 15) is 14.7 Å². The van der Waals surface area contributed by atoms with Gasteiger partial charge in [0.2, 0.25) is 0 Å².